The Balaban J connectivity index is 2.18. The number of allylic oxidation sites excluding steroid dienone is 1. The molecule has 0 amide bonds. The van der Waals surface area contributed by atoms with Crippen LogP contribution in [0, 0.1) is 32.6 Å². The van der Waals surface area contributed by atoms with Crippen LogP contribution in [0.2, 0.25) is 0 Å². The highest BCUT2D eigenvalue weighted by Crippen LogP contribution is 2.45. The average Bonchev–Trinajstić information content (AvgIpc) is 2.77. The second-order valence-electron chi connectivity index (χ2n) is 11.7. The van der Waals surface area contributed by atoms with Gasteiger partial charge in [0.25, 0.3) is 0 Å². The molecule has 2 rings (SSSR count). The highest BCUT2D eigenvalue weighted by Gasteiger charge is 2.34. The summed E-state index contributed by atoms with van der Waals surface area (Å²) in [6.07, 6.45) is 13.0. The van der Waals surface area contributed by atoms with E-state index in [4.69, 9.17) is 9.47 Å². The van der Waals surface area contributed by atoms with E-state index in [2.05, 4.69) is 60.6 Å². The van der Waals surface area contributed by atoms with Gasteiger partial charge in [0.1, 0.15) is 23.2 Å². The van der Waals surface area contributed by atoms with Gasteiger partial charge in [0.05, 0.1) is 6.16 Å². The Morgan fingerprint density at radius 3 is 2.36 bits per heavy atom. The first-order valence-electron chi connectivity index (χ1n) is 14.0. The van der Waals surface area contributed by atoms with E-state index in [1.54, 1.807) is 0 Å². The van der Waals surface area contributed by atoms with E-state index in [0.29, 0.717) is 12.3 Å². The van der Waals surface area contributed by atoms with Crippen molar-refractivity contribution in [2.24, 2.45) is 11.8 Å². The molecule has 1 aliphatic heterocycles. The zero-order chi connectivity index (χ0) is 27.1. The Bertz CT molecular complexity index is 932. The molecular weight excluding hydrogens is 471 g/mol. The van der Waals surface area contributed by atoms with Gasteiger partial charge in [-0.3, -0.25) is 4.57 Å². The molecule has 0 saturated carbocycles. The van der Waals surface area contributed by atoms with Crippen molar-refractivity contribution in [2.45, 2.75) is 125 Å². The van der Waals surface area contributed by atoms with Crippen molar-refractivity contribution >= 4 is 7.60 Å². The lowest BCUT2D eigenvalue weighted by molar-refractivity contribution is 0.111. The van der Waals surface area contributed by atoms with E-state index in [0.717, 1.165) is 71.8 Å². The van der Waals surface area contributed by atoms with Gasteiger partial charge in [-0.2, -0.15) is 0 Å². The summed E-state index contributed by atoms with van der Waals surface area (Å²) in [6.45, 7) is 17.3. The van der Waals surface area contributed by atoms with E-state index in [-0.39, 0.29) is 11.8 Å². The topological polar surface area (TPSA) is 76.0 Å². The SMILES string of the molecule is CCCCC(CP(=O)(O)O)Oc1c(C)c(C)c2c(c1C)CCC(C)(C=CCC(C)CCCC(C)C)O2. The molecular formula is C30H51O5P. The zero-order valence-electron chi connectivity index (χ0n) is 24.0. The van der Waals surface area contributed by atoms with Crippen LogP contribution in [-0.4, -0.2) is 27.7 Å². The lowest BCUT2D eigenvalue weighted by Crippen LogP contribution is -2.35. The normalized spacial score (nSPS) is 19.9. The first-order valence-corrected chi connectivity index (χ1v) is 15.8. The van der Waals surface area contributed by atoms with Gasteiger partial charge in [-0.15, -0.1) is 0 Å². The van der Waals surface area contributed by atoms with Crippen molar-refractivity contribution < 1.29 is 23.8 Å². The van der Waals surface area contributed by atoms with Gasteiger partial charge < -0.3 is 19.3 Å². The Morgan fingerprint density at radius 2 is 1.75 bits per heavy atom. The minimum Gasteiger partial charge on any atom is -0.489 e. The first-order chi connectivity index (χ1) is 16.8. The third kappa shape index (κ3) is 9.23. The Morgan fingerprint density at radius 1 is 1.06 bits per heavy atom. The van der Waals surface area contributed by atoms with Crippen LogP contribution in [0.15, 0.2) is 12.2 Å². The van der Waals surface area contributed by atoms with Crippen LogP contribution in [0.4, 0.5) is 0 Å². The second kappa shape index (κ2) is 13.5. The standard InChI is InChI=1S/C30H51O5P/c1-9-10-16-26(20-36(31,32)33)34-28-23(5)24(6)29-27(25(28)7)17-19-30(8,35-29)18-12-15-22(4)14-11-13-21(2)3/h12,18,21-22,26H,9-11,13-17,19-20H2,1-8H3,(H2,31,32,33). The summed E-state index contributed by atoms with van der Waals surface area (Å²) >= 11 is 0. The monoisotopic (exact) mass is 522 g/mol. The maximum absolute atomic E-state index is 11.7. The van der Waals surface area contributed by atoms with Crippen molar-refractivity contribution in [3.8, 4) is 11.5 Å². The van der Waals surface area contributed by atoms with E-state index >= 15 is 0 Å². The van der Waals surface area contributed by atoms with Gasteiger partial charge in [0, 0.05) is 5.56 Å². The molecule has 206 valence electrons. The van der Waals surface area contributed by atoms with Gasteiger partial charge in [-0.25, -0.2) is 0 Å². The fourth-order valence-electron chi connectivity index (χ4n) is 5.14. The molecule has 0 bridgehead atoms. The Labute approximate surface area is 220 Å². The quantitative estimate of drug-likeness (QED) is 0.190. The van der Waals surface area contributed by atoms with E-state index in [1.165, 1.54) is 19.3 Å². The van der Waals surface area contributed by atoms with Crippen molar-refractivity contribution in [1.82, 2.24) is 0 Å². The van der Waals surface area contributed by atoms with Gasteiger partial charge in [-0.1, -0.05) is 65.9 Å². The number of rotatable bonds is 14. The predicted molar refractivity (Wildman–Crippen MR) is 150 cm³/mol. The predicted octanol–water partition coefficient (Wildman–Crippen LogP) is 8.22. The van der Waals surface area contributed by atoms with E-state index in [1.807, 2.05) is 6.92 Å². The largest absolute Gasteiger partial charge is 0.489 e. The molecule has 0 aromatic heterocycles. The van der Waals surface area contributed by atoms with Crippen LogP contribution >= 0.6 is 7.60 Å². The number of hydrogen-bond acceptors (Lipinski definition) is 3. The molecule has 0 aliphatic carbocycles. The highest BCUT2D eigenvalue weighted by molar-refractivity contribution is 7.51. The zero-order valence-corrected chi connectivity index (χ0v) is 24.9. The molecule has 0 spiro atoms. The van der Waals surface area contributed by atoms with Crippen molar-refractivity contribution in [3.63, 3.8) is 0 Å². The van der Waals surface area contributed by atoms with Crippen molar-refractivity contribution in [1.29, 1.82) is 0 Å². The lowest BCUT2D eigenvalue weighted by Gasteiger charge is -2.37. The summed E-state index contributed by atoms with van der Waals surface area (Å²) in [4.78, 5) is 19.2. The van der Waals surface area contributed by atoms with E-state index in [9.17, 15) is 14.4 Å². The van der Waals surface area contributed by atoms with E-state index < -0.39 is 13.7 Å². The van der Waals surface area contributed by atoms with Crippen LogP contribution in [0.25, 0.3) is 0 Å². The van der Waals surface area contributed by atoms with Crippen LogP contribution < -0.4 is 9.47 Å². The molecule has 1 aromatic rings. The fraction of sp³-hybridized carbons (Fsp3) is 0.733. The fourth-order valence-corrected chi connectivity index (χ4v) is 5.93. The third-order valence-corrected chi connectivity index (χ3v) is 8.49. The Kier molecular flexibility index (Phi) is 11.6. The molecule has 0 fully saturated rings. The molecule has 1 aromatic carbocycles. The van der Waals surface area contributed by atoms with Gasteiger partial charge >= 0.3 is 7.60 Å². The van der Waals surface area contributed by atoms with Crippen LogP contribution in [0.5, 0.6) is 11.5 Å². The van der Waals surface area contributed by atoms with Gasteiger partial charge in [0.2, 0.25) is 0 Å². The average molecular weight is 523 g/mol. The maximum atomic E-state index is 11.7. The summed E-state index contributed by atoms with van der Waals surface area (Å²) in [5.41, 5.74) is 3.90. The molecule has 2 N–H and O–H groups in total. The minimum absolute atomic E-state index is 0.253. The smallest absolute Gasteiger partial charge is 0.329 e. The highest BCUT2D eigenvalue weighted by atomic mass is 31.2. The van der Waals surface area contributed by atoms with Crippen LogP contribution in [0.3, 0.4) is 0 Å². The van der Waals surface area contributed by atoms with Crippen molar-refractivity contribution in [3.05, 3.63) is 34.4 Å². The molecule has 1 aliphatic rings. The second-order valence-corrected chi connectivity index (χ2v) is 13.4. The molecule has 5 nitrogen and oxygen atoms in total. The summed E-state index contributed by atoms with van der Waals surface area (Å²) in [7, 11) is -4.17. The molecule has 1 heterocycles. The number of unbranched alkanes of at least 4 members (excludes halogenated alkanes) is 1. The third-order valence-electron chi connectivity index (χ3n) is 7.61. The summed E-state index contributed by atoms with van der Waals surface area (Å²) in [5.74, 6) is 3.16. The Hall–Kier alpha value is -1.29. The maximum Gasteiger partial charge on any atom is 0.329 e. The molecule has 3 atom stereocenters. The molecule has 36 heavy (non-hydrogen) atoms. The molecule has 6 heteroatoms. The summed E-state index contributed by atoms with van der Waals surface area (Å²) in [5, 5.41) is 0. The van der Waals surface area contributed by atoms with Gasteiger partial charge in [-0.05, 0) is 88.0 Å². The molecule has 0 saturated heterocycles. The van der Waals surface area contributed by atoms with Crippen LogP contribution in [-0.2, 0) is 11.0 Å². The lowest BCUT2D eigenvalue weighted by atomic mass is 9.86. The summed E-state index contributed by atoms with van der Waals surface area (Å²) in [6, 6.07) is 0. The molecule has 0 radical (unpaired) electrons. The summed E-state index contributed by atoms with van der Waals surface area (Å²) < 4.78 is 24.7. The van der Waals surface area contributed by atoms with Gasteiger partial charge in [0.15, 0.2) is 0 Å². The first kappa shape index (κ1) is 30.9. The van der Waals surface area contributed by atoms with Crippen molar-refractivity contribution in [2.75, 3.05) is 6.16 Å². The number of benzene rings is 1. The number of fused-ring (bicyclic) bond motifs is 1. The molecule has 3 unspecified atom stereocenters. The number of ether oxygens (including phenoxy) is 2. The minimum atomic E-state index is -4.17. The number of hydrogen-bond donors (Lipinski definition) is 2. The van der Waals surface area contributed by atoms with Crippen LogP contribution in [0.1, 0.15) is 108 Å².